The predicted molar refractivity (Wildman–Crippen MR) is 94.7 cm³/mol. The molecule has 0 unspecified atom stereocenters. The summed E-state index contributed by atoms with van der Waals surface area (Å²) in [5, 5.41) is 0. The van der Waals surface area contributed by atoms with E-state index < -0.39 is 10.0 Å². The smallest absolute Gasteiger partial charge is 0.261 e. The van der Waals surface area contributed by atoms with Gasteiger partial charge in [0.05, 0.1) is 17.2 Å². The Bertz CT molecular complexity index is 749. The third kappa shape index (κ3) is 4.32. The van der Waals surface area contributed by atoms with Crippen LogP contribution < -0.4 is 4.72 Å². The number of halogens is 2. The third-order valence-electron chi connectivity index (χ3n) is 3.00. The lowest BCUT2D eigenvalue weighted by atomic mass is 10.1. The lowest BCUT2D eigenvalue weighted by Crippen LogP contribution is -2.15. The van der Waals surface area contributed by atoms with E-state index in [0.29, 0.717) is 23.2 Å². The van der Waals surface area contributed by atoms with Gasteiger partial charge in [-0.1, -0.05) is 34.1 Å². The van der Waals surface area contributed by atoms with Gasteiger partial charge in [0, 0.05) is 16.1 Å². The van der Waals surface area contributed by atoms with Crippen LogP contribution in [-0.2, 0) is 21.2 Å². The number of hydrogen-bond donors (Lipinski definition) is 1. The Morgan fingerprint density at radius 3 is 2.45 bits per heavy atom. The zero-order chi connectivity index (χ0) is 16.2. The van der Waals surface area contributed by atoms with Crippen molar-refractivity contribution in [2.75, 3.05) is 18.4 Å². The van der Waals surface area contributed by atoms with Crippen molar-refractivity contribution in [1.82, 2.24) is 0 Å². The van der Waals surface area contributed by atoms with Crippen molar-refractivity contribution in [3.05, 3.63) is 57.0 Å². The van der Waals surface area contributed by atoms with E-state index in [4.69, 9.17) is 4.74 Å². The number of anilines is 1. The van der Waals surface area contributed by atoms with E-state index in [1.165, 1.54) is 0 Å². The molecule has 0 aliphatic heterocycles. The molecule has 2 aromatic carbocycles. The molecule has 0 fully saturated rings. The number of sulfonamides is 1. The molecule has 0 heterocycles. The van der Waals surface area contributed by atoms with Crippen LogP contribution in [0.2, 0.25) is 0 Å². The summed E-state index contributed by atoms with van der Waals surface area (Å²) in [5.74, 6) is 0. The molecule has 0 aliphatic carbocycles. The average molecular weight is 449 g/mol. The Labute approximate surface area is 147 Å². The lowest BCUT2D eigenvalue weighted by molar-refractivity contribution is 0.202. The molecular weight excluding hydrogens is 434 g/mol. The van der Waals surface area contributed by atoms with Gasteiger partial charge in [0.15, 0.2) is 0 Å². The standard InChI is InChI=1S/C15H15Br2NO3S/c1-21-8-7-11-9-12(16)10-14(17)15(11)18-22(19,20)13-5-3-2-4-6-13/h2-6,9-10,18H,7-8H2,1H3. The van der Waals surface area contributed by atoms with Crippen molar-refractivity contribution in [3.63, 3.8) is 0 Å². The van der Waals surface area contributed by atoms with Crippen LogP contribution in [0.25, 0.3) is 0 Å². The number of ether oxygens (including phenoxy) is 1. The monoisotopic (exact) mass is 447 g/mol. The highest BCUT2D eigenvalue weighted by Crippen LogP contribution is 2.32. The quantitative estimate of drug-likeness (QED) is 0.720. The lowest BCUT2D eigenvalue weighted by Gasteiger charge is -2.15. The molecule has 0 spiro atoms. The second-order valence-corrected chi connectivity index (χ2v) is 8.04. The average Bonchev–Trinajstić information content (AvgIpc) is 2.49. The molecule has 0 saturated carbocycles. The van der Waals surface area contributed by atoms with Crippen molar-refractivity contribution in [2.45, 2.75) is 11.3 Å². The van der Waals surface area contributed by atoms with Crippen molar-refractivity contribution >= 4 is 47.6 Å². The van der Waals surface area contributed by atoms with Gasteiger partial charge in [0.1, 0.15) is 0 Å². The molecule has 0 saturated heterocycles. The topological polar surface area (TPSA) is 55.4 Å². The minimum atomic E-state index is -3.63. The Morgan fingerprint density at radius 1 is 1.14 bits per heavy atom. The molecule has 1 N–H and O–H groups in total. The van der Waals surface area contributed by atoms with Crippen LogP contribution in [0.3, 0.4) is 0 Å². The van der Waals surface area contributed by atoms with E-state index in [-0.39, 0.29) is 4.90 Å². The highest BCUT2D eigenvalue weighted by atomic mass is 79.9. The zero-order valence-corrected chi connectivity index (χ0v) is 15.8. The van der Waals surface area contributed by atoms with Gasteiger partial charge < -0.3 is 4.74 Å². The number of benzene rings is 2. The SMILES string of the molecule is COCCc1cc(Br)cc(Br)c1NS(=O)(=O)c1ccccc1. The number of methoxy groups -OCH3 is 1. The largest absolute Gasteiger partial charge is 0.384 e. The Balaban J connectivity index is 2.40. The van der Waals surface area contributed by atoms with E-state index in [1.54, 1.807) is 43.5 Å². The number of hydrogen-bond acceptors (Lipinski definition) is 3. The molecule has 0 atom stereocenters. The van der Waals surface area contributed by atoms with E-state index in [1.807, 2.05) is 6.07 Å². The summed E-state index contributed by atoms with van der Waals surface area (Å²) < 4.78 is 34.3. The highest BCUT2D eigenvalue weighted by molar-refractivity contribution is 9.11. The number of rotatable bonds is 6. The van der Waals surface area contributed by atoms with Crippen molar-refractivity contribution in [1.29, 1.82) is 0 Å². The Kier molecular flexibility index (Phi) is 6.02. The molecule has 2 rings (SSSR count). The van der Waals surface area contributed by atoms with E-state index >= 15 is 0 Å². The van der Waals surface area contributed by atoms with Crippen LogP contribution in [0.15, 0.2) is 56.3 Å². The summed E-state index contributed by atoms with van der Waals surface area (Å²) in [7, 11) is -2.02. The first-order valence-electron chi connectivity index (χ1n) is 6.49. The van der Waals surface area contributed by atoms with E-state index in [0.717, 1.165) is 10.0 Å². The molecule has 0 bridgehead atoms. The van der Waals surface area contributed by atoms with Crippen LogP contribution in [0.5, 0.6) is 0 Å². The second kappa shape index (κ2) is 7.59. The molecule has 4 nitrogen and oxygen atoms in total. The minimum Gasteiger partial charge on any atom is -0.384 e. The molecule has 0 amide bonds. The fourth-order valence-corrected chi connectivity index (χ4v) is 4.63. The van der Waals surface area contributed by atoms with Gasteiger partial charge in [-0.05, 0) is 52.2 Å². The first kappa shape index (κ1) is 17.5. The van der Waals surface area contributed by atoms with Crippen molar-refractivity contribution < 1.29 is 13.2 Å². The molecule has 2 aromatic rings. The fraction of sp³-hybridized carbons (Fsp3) is 0.200. The zero-order valence-electron chi connectivity index (χ0n) is 11.8. The Hall–Kier alpha value is -0.890. The maximum atomic E-state index is 12.5. The van der Waals surface area contributed by atoms with Gasteiger partial charge in [-0.3, -0.25) is 4.72 Å². The number of nitrogens with one attached hydrogen (secondary N) is 1. The molecule has 0 aliphatic rings. The van der Waals surface area contributed by atoms with Gasteiger partial charge in [-0.25, -0.2) is 8.42 Å². The summed E-state index contributed by atoms with van der Waals surface area (Å²) in [6.45, 7) is 0.503. The van der Waals surface area contributed by atoms with Crippen LogP contribution in [0, 0.1) is 0 Å². The summed E-state index contributed by atoms with van der Waals surface area (Å²) in [4.78, 5) is 0.225. The molecule has 0 aromatic heterocycles. The minimum absolute atomic E-state index is 0.225. The maximum absolute atomic E-state index is 12.5. The van der Waals surface area contributed by atoms with Crippen LogP contribution in [-0.4, -0.2) is 22.1 Å². The van der Waals surface area contributed by atoms with Gasteiger partial charge in [0.2, 0.25) is 0 Å². The molecule has 7 heteroatoms. The van der Waals surface area contributed by atoms with Gasteiger partial charge in [0.25, 0.3) is 10.0 Å². The maximum Gasteiger partial charge on any atom is 0.261 e. The van der Waals surface area contributed by atoms with Crippen molar-refractivity contribution in [3.8, 4) is 0 Å². The summed E-state index contributed by atoms with van der Waals surface area (Å²) in [6, 6.07) is 12.0. The normalized spacial score (nSPS) is 11.4. The second-order valence-electron chi connectivity index (χ2n) is 4.58. The van der Waals surface area contributed by atoms with E-state index in [9.17, 15) is 8.42 Å². The summed E-state index contributed by atoms with van der Waals surface area (Å²) in [5.41, 5.74) is 1.38. The molecule has 118 valence electrons. The first-order chi connectivity index (χ1) is 10.4. The molecule has 22 heavy (non-hydrogen) atoms. The van der Waals surface area contributed by atoms with Gasteiger partial charge in [-0.2, -0.15) is 0 Å². The van der Waals surface area contributed by atoms with Crippen LogP contribution in [0.4, 0.5) is 5.69 Å². The Morgan fingerprint density at radius 2 is 1.82 bits per heavy atom. The van der Waals surface area contributed by atoms with Crippen molar-refractivity contribution in [2.24, 2.45) is 0 Å². The first-order valence-corrected chi connectivity index (χ1v) is 9.55. The molecular formula is C15H15Br2NO3S. The fourth-order valence-electron chi connectivity index (χ4n) is 1.94. The molecule has 0 radical (unpaired) electrons. The predicted octanol–water partition coefficient (Wildman–Crippen LogP) is 4.20. The van der Waals surface area contributed by atoms with Crippen LogP contribution in [0.1, 0.15) is 5.56 Å². The highest BCUT2D eigenvalue weighted by Gasteiger charge is 2.18. The third-order valence-corrected chi connectivity index (χ3v) is 5.45. The van der Waals surface area contributed by atoms with Crippen LogP contribution >= 0.6 is 31.9 Å². The summed E-state index contributed by atoms with van der Waals surface area (Å²) >= 11 is 6.83. The van der Waals surface area contributed by atoms with E-state index in [2.05, 4.69) is 36.6 Å². The summed E-state index contributed by atoms with van der Waals surface area (Å²) in [6.07, 6.45) is 0.598. The van der Waals surface area contributed by atoms with Gasteiger partial charge in [-0.15, -0.1) is 0 Å². The van der Waals surface area contributed by atoms with Gasteiger partial charge >= 0.3 is 0 Å².